The average Bonchev–Trinajstić information content (AvgIpc) is 2.93. The SMILES string of the molecule is CC(C)CC(CO)NC(=O)OCC1c2ccccc2-c2ccccc21. The number of carbonyl (C=O) groups excluding carboxylic acids is 1. The molecule has 3 rings (SSSR count). The molecule has 132 valence electrons. The van der Waals surface area contributed by atoms with E-state index in [0.717, 1.165) is 6.42 Å². The first kappa shape index (κ1) is 17.5. The van der Waals surface area contributed by atoms with E-state index in [4.69, 9.17) is 4.74 Å². The number of ether oxygens (including phenoxy) is 1. The van der Waals surface area contributed by atoms with Crippen LogP contribution in [0.25, 0.3) is 11.1 Å². The second-order valence-corrected chi connectivity index (χ2v) is 6.98. The van der Waals surface area contributed by atoms with Crippen LogP contribution in [-0.2, 0) is 4.74 Å². The Labute approximate surface area is 148 Å². The van der Waals surface area contributed by atoms with Crippen molar-refractivity contribution in [3.8, 4) is 11.1 Å². The molecule has 0 heterocycles. The fraction of sp³-hybridized carbons (Fsp3) is 0.381. The number of rotatable bonds is 6. The first-order valence-corrected chi connectivity index (χ1v) is 8.82. The quantitative estimate of drug-likeness (QED) is 0.838. The predicted octanol–water partition coefficient (Wildman–Crippen LogP) is 3.93. The molecule has 2 aromatic rings. The predicted molar refractivity (Wildman–Crippen MR) is 98.5 cm³/mol. The van der Waals surface area contributed by atoms with Crippen molar-refractivity contribution in [2.45, 2.75) is 32.2 Å². The lowest BCUT2D eigenvalue weighted by Crippen LogP contribution is -2.39. The molecule has 2 aromatic carbocycles. The molecule has 4 heteroatoms. The molecule has 2 N–H and O–H groups in total. The van der Waals surface area contributed by atoms with Crippen LogP contribution in [0, 0.1) is 5.92 Å². The van der Waals surface area contributed by atoms with Gasteiger partial charge in [-0.15, -0.1) is 0 Å². The monoisotopic (exact) mass is 339 g/mol. The highest BCUT2D eigenvalue weighted by molar-refractivity contribution is 5.79. The van der Waals surface area contributed by atoms with E-state index in [1.807, 2.05) is 24.3 Å². The van der Waals surface area contributed by atoms with Gasteiger partial charge in [-0.2, -0.15) is 0 Å². The summed E-state index contributed by atoms with van der Waals surface area (Å²) < 4.78 is 5.49. The number of aliphatic hydroxyl groups excluding tert-OH is 1. The van der Waals surface area contributed by atoms with E-state index in [0.29, 0.717) is 12.5 Å². The normalized spacial score (nSPS) is 14.1. The topological polar surface area (TPSA) is 58.6 Å². The van der Waals surface area contributed by atoms with Crippen LogP contribution in [0.15, 0.2) is 48.5 Å². The Balaban J connectivity index is 1.68. The number of fused-ring (bicyclic) bond motifs is 3. The molecule has 0 saturated heterocycles. The van der Waals surface area contributed by atoms with Gasteiger partial charge in [0.2, 0.25) is 0 Å². The minimum Gasteiger partial charge on any atom is -0.449 e. The van der Waals surface area contributed by atoms with Gasteiger partial charge in [0.25, 0.3) is 0 Å². The van der Waals surface area contributed by atoms with Crippen LogP contribution in [0.2, 0.25) is 0 Å². The van der Waals surface area contributed by atoms with Gasteiger partial charge in [0.15, 0.2) is 0 Å². The average molecular weight is 339 g/mol. The number of benzene rings is 2. The van der Waals surface area contributed by atoms with Crippen LogP contribution in [-0.4, -0.2) is 30.5 Å². The second-order valence-electron chi connectivity index (χ2n) is 6.98. The highest BCUT2D eigenvalue weighted by Gasteiger charge is 2.29. The zero-order chi connectivity index (χ0) is 17.8. The van der Waals surface area contributed by atoms with Crippen LogP contribution in [0.1, 0.15) is 37.3 Å². The molecule has 1 unspecified atom stereocenters. The maximum absolute atomic E-state index is 12.1. The lowest BCUT2D eigenvalue weighted by Gasteiger charge is -2.19. The van der Waals surface area contributed by atoms with Crippen LogP contribution in [0.5, 0.6) is 0 Å². The van der Waals surface area contributed by atoms with Crippen molar-refractivity contribution in [3.05, 3.63) is 59.7 Å². The van der Waals surface area contributed by atoms with Gasteiger partial charge in [-0.05, 0) is 34.6 Å². The minimum absolute atomic E-state index is 0.0517. The van der Waals surface area contributed by atoms with E-state index >= 15 is 0 Å². The smallest absolute Gasteiger partial charge is 0.407 e. The third-order valence-electron chi connectivity index (χ3n) is 4.64. The van der Waals surface area contributed by atoms with E-state index in [1.54, 1.807) is 0 Å². The summed E-state index contributed by atoms with van der Waals surface area (Å²) in [4.78, 5) is 12.1. The van der Waals surface area contributed by atoms with Gasteiger partial charge in [-0.25, -0.2) is 4.79 Å². The molecular weight excluding hydrogens is 314 g/mol. The van der Waals surface area contributed by atoms with Crippen LogP contribution >= 0.6 is 0 Å². The Morgan fingerprint density at radius 2 is 1.64 bits per heavy atom. The zero-order valence-corrected chi connectivity index (χ0v) is 14.7. The van der Waals surface area contributed by atoms with Gasteiger partial charge >= 0.3 is 6.09 Å². The van der Waals surface area contributed by atoms with Crippen molar-refractivity contribution < 1.29 is 14.6 Å². The Morgan fingerprint density at radius 3 is 2.16 bits per heavy atom. The molecule has 1 aliphatic rings. The largest absolute Gasteiger partial charge is 0.449 e. The van der Waals surface area contributed by atoms with Gasteiger partial charge in [-0.1, -0.05) is 62.4 Å². The number of alkyl carbamates (subject to hydrolysis) is 1. The summed E-state index contributed by atoms with van der Waals surface area (Å²) in [6, 6.07) is 16.2. The Kier molecular flexibility index (Phi) is 5.39. The first-order valence-electron chi connectivity index (χ1n) is 8.82. The molecule has 0 bridgehead atoms. The van der Waals surface area contributed by atoms with Gasteiger partial charge in [-0.3, -0.25) is 0 Å². The van der Waals surface area contributed by atoms with E-state index in [1.165, 1.54) is 22.3 Å². The van der Waals surface area contributed by atoms with Crippen molar-refractivity contribution in [1.29, 1.82) is 0 Å². The molecular formula is C21H25NO3. The summed E-state index contributed by atoms with van der Waals surface area (Å²) in [5.41, 5.74) is 4.80. The molecule has 1 amide bonds. The van der Waals surface area contributed by atoms with Crippen LogP contribution < -0.4 is 5.32 Å². The van der Waals surface area contributed by atoms with Crippen LogP contribution in [0.4, 0.5) is 4.79 Å². The first-order chi connectivity index (χ1) is 12.1. The number of carbonyl (C=O) groups is 1. The lowest BCUT2D eigenvalue weighted by molar-refractivity contribution is 0.129. The number of hydrogen-bond acceptors (Lipinski definition) is 3. The number of hydrogen-bond donors (Lipinski definition) is 2. The fourth-order valence-electron chi connectivity index (χ4n) is 3.55. The van der Waals surface area contributed by atoms with Crippen molar-refractivity contribution in [2.75, 3.05) is 13.2 Å². The minimum atomic E-state index is -0.471. The Hall–Kier alpha value is -2.33. The van der Waals surface area contributed by atoms with E-state index < -0.39 is 6.09 Å². The second kappa shape index (κ2) is 7.70. The highest BCUT2D eigenvalue weighted by atomic mass is 16.5. The third kappa shape index (κ3) is 3.85. The maximum Gasteiger partial charge on any atom is 0.407 e. The molecule has 25 heavy (non-hydrogen) atoms. The molecule has 0 aliphatic heterocycles. The van der Waals surface area contributed by atoms with Crippen molar-refractivity contribution in [3.63, 3.8) is 0 Å². The third-order valence-corrected chi connectivity index (χ3v) is 4.64. The van der Waals surface area contributed by atoms with Crippen molar-refractivity contribution in [1.82, 2.24) is 5.32 Å². The van der Waals surface area contributed by atoms with Gasteiger partial charge in [0.05, 0.1) is 12.6 Å². The Morgan fingerprint density at radius 1 is 1.08 bits per heavy atom. The van der Waals surface area contributed by atoms with Gasteiger partial charge in [0, 0.05) is 5.92 Å². The molecule has 0 fully saturated rings. The van der Waals surface area contributed by atoms with Crippen molar-refractivity contribution >= 4 is 6.09 Å². The standard InChI is InChI=1S/C21H25NO3/c1-14(2)11-15(12-23)22-21(24)25-13-20-18-9-5-3-7-16(18)17-8-4-6-10-19(17)20/h3-10,14-15,20,23H,11-13H2,1-2H3,(H,22,24). The van der Waals surface area contributed by atoms with E-state index in [-0.39, 0.29) is 18.6 Å². The molecule has 0 radical (unpaired) electrons. The van der Waals surface area contributed by atoms with Crippen molar-refractivity contribution in [2.24, 2.45) is 5.92 Å². The summed E-state index contributed by atoms with van der Waals surface area (Å²) >= 11 is 0. The molecule has 0 saturated carbocycles. The summed E-state index contributed by atoms with van der Waals surface area (Å²) in [5.74, 6) is 0.446. The fourth-order valence-corrected chi connectivity index (χ4v) is 3.55. The number of amides is 1. The summed E-state index contributed by atoms with van der Waals surface area (Å²) in [7, 11) is 0. The molecule has 0 spiro atoms. The summed E-state index contributed by atoms with van der Waals surface area (Å²) in [5, 5.41) is 12.2. The molecule has 4 nitrogen and oxygen atoms in total. The molecule has 0 aromatic heterocycles. The number of aliphatic hydroxyl groups is 1. The van der Waals surface area contributed by atoms with E-state index in [9.17, 15) is 9.90 Å². The molecule has 1 atom stereocenters. The lowest BCUT2D eigenvalue weighted by atomic mass is 9.98. The summed E-state index contributed by atoms with van der Waals surface area (Å²) in [6.45, 7) is 4.33. The number of nitrogens with one attached hydrogen (secondary N) is 1. The molecule has 1 aliphatic carbocycles. The van der Waals surface area contributed by atoms with Crippen LogP contribution in [0.3, 0.4) is 0 Å². The zero-order valence-electron chi connectivity index (χ0n) is 14.7. The van der Waals surface area contributed by atoms with Gasteiger partial charge in [0.1, 0.15) is 6.61 Å². The maximum atomic E-state index is 12.1. The van der Waals surface area contributed by atoms with Gasteiger partial charge < -0.3 is 15.2 Å². The van der Waals surface area contributed by atoms with E-state index in [2.05, 4.69) is 43.4 Å². The Bertz CT molecular complexity index is 696. The summed E-state index contributed by atoms with van der Waals surface area (Å²) in [6.07, 6.45) is 0.252. The highest BCUT2D eigenvalue weighted by Crippen LogP contribution is 2.44.